The van der Waals surface area contributed by atoms with E-state index in [9.17, 15) is 0 Å². The highest BCUT2D eigenvalue weighted by molar-refractivity contribution is 5.05. The lowest BCUT2D eigenvalue weighted by Crippen LogP contribution is -2.26. The lowest BCUT2D eigenvalue weighted by atomic mass is 10.0. The van der Waals surface area contributed by atoms with Gasteiger partial charge in [-0.15, -0.1) is 0 Å². The van der Waals surface area contributed by atoms with E-state index >= 15 is 0 Å². The average Bonchev–Trinajstić information content (AvgIpc) is 2.99. The van der Waals surface area contributed by atoms with Crippen LogP contribution in [0.5, 0.6) is 0 Å². The van der Waals surface area contributed by atoms with Gasteiger partial charge in [-0.1, -0.05) is 18.5 Å². The fourth-order valence-electron chi connectivity index (χ4n) is 2.47. The second-order valence-corrected chi connectivity index (χ2v) is 4.76. The van der Waals surface area contributed by atoms with Crippen LogP contribution in [-0.2, 0) is 10.3 Å². The first-order valence-electron chi connectivity index (χ1n) is 6.36. The molecule has 0 aromatic carbocycles. The van der Waals surface area contributed by atoms with Crippen molar-refractivity contribution in [3.8, 4) is 0 Å². The highest BCUT2D eigenvalue weighted by atomic mass is 16.5. The maximum absolute atomic E-state index is 5.97. The summed E-state index contributed by atoms with van der Waals surface area (Å²) in [5.41, 5.74) is 5.63. The number of methoxy groups -OCH3 is 1. The minimum Gasteiger partial charge on any atom is -0.370 e. The van der Waals surface area contributed by atoms with Crippen LogP contribution in [-0.4, -0.2) is 17.3 Å². The Morgan fingerprint density at radius 2 is 2.18 bits per heavy atom. The van der Waals surface area contributed by atoms with E-state index < -0.39 is 0 Å². The zero-order chi connectivity index (χ0) is 12.3. The number of hydrogen-bond donors (Lipinski definition) is 1. The zero-order valence-electron chi connectivity index (χ0n) is 10.6. The Morgan fingerprint density at radius 3 is 2.76 bits per heavy atom. The molecule has 0 amide bonds. The van der Waals surface area contributed by atoms with Crippen molar-refractivity contribution in [1.82, 2.24) is 10.1 Å². The Hall–Kier alpha value is -0.940. The fourth-order valence-corrected chi connectivity index (χ4v) is 2.47. The lowest BCUT2D eigenvalue weighted by molar-refractivity contribution is -0.0178. The van der Waals surface area contributed by atoms with Gasteiger partial charge in [-0.25, -0.2) is 0 Å². The normalized spacial score (nSPS) is 20.6. The Labute approximate surface area is 102 Å². The Kier molecular flexibility index (Phi) is 3.79. The van der Waals surface area contributed by atoms with E-state index in [1.165, 1.54) is 0 Å². The van der Waals surface area contributed by atoms with E-state index in [4.69, 9.17) is 15.0 Å². The first-order chi connectivity index (χ1) is 8.22. The van der Waals surface area contributed by atoms with Gasteiger partial charge in [0.2, 0.25) is 11.7 Å². The molecule has 17 heavy (non-hydrogen) atoms. The molecule has 1 heterocycles. The summed E-state index contributed by atoms with van der Waals surface area (Å²) < 4.78 is 10.9. The Bertz CT molecular complexity index is 358. The van der Waals surface area contributed by atoms with Gasteiger partial charge in [0.15, 0.2) is 0 Å². The summed E-state index contributed by atoms with van der Waals surface area (Å²) in [6.07, 6.45) is 6.10. The molecule has 1 fully saturated rings. The third-order valence-electron chi connectivity index (χ3n) is 3.57. The molecule has 0 saturated heterocycles. The number of hydrogen-bond acceptors (Lipinski definition) is 5. The molecule has 0 radical (unpaired) electrons. The van der Waals surface area contributed by atoms with Crippen molar-refractivity contribution in [3.05, 3.63) is 11.7 Å². The van der Waals surface area contributed by atoms with Crippen molar-refractivity contribution in [2.75, 3.05) is 7.11 Å². The number of ether oxygens (including phenoxy) is 1. The van der Waals surface area contributed by atoms with Gasteiger partial charge in [0.25, 0.3) is 0 Å². The molecule has 0 unspecified atom stereocenters. The summed E-state index contributed by atoms with van der Waals surface area (Å²) in [6.45, 7) is 2.09. The predicted octanol–water partition coefficient (Wildman–Crippen LogP) is 2.29. The molecule has 5 heteroatoms. The van der Waals surface area contributed by atoms with Crippen LogP contribution < -0.4 is 5.73 Å². The number of nitrogens with zero attached hydrogens (tertiary/aromatic N) is 2. The van der Waals surface area contributed by atoms with Gasteiger partial charge in [0.1, 0.15) is 5.60 Å². The van der Waals surface area contributed by atoms with E-state index in [1.54, 1.807) is 7.11 Å². The largest absolute Gasteiger partial charge is 0.370 e. The number of nitrogens with two attached hydrogens (primary N) is 1. The minimum absolute atomic E-state index is 0.156. The second kappa shape index (κ2) is 5.14. The fraction of sp³-hybridized carbons (Fsp3) is 0.833. The van der Waals surface area contributed by atoms with Crippen molar-refractivity contribution >= 4 is 0 Å². The van der Waals surface area contributed by atoms with Gasteiger partial charge >= 0.3 is 0 Å². The van der Waals surface area contributed by atoms with E-state index in [2.05, 4.69) is 17.1 Å². The molecule has 1 aromatic rings. The standard InChI is InChI=1S/C12H21N3O2/c1-3-6-9(13)10-14-11(15-17-10)12(16-2)7-4-5-8-12/h9H,3-8,13H2,1-2H3/t9-/m1/s1. The summed E-state index contributed by atoms with van der Waals surface area (Å²) in [5, 5.41) is 4.05. The van der Waals surface area contributed by atoms with Crippen molar-refractivity contribution in [2.45, 2.75) is 57.1 Å². The molecule has 2 rings (SSSR count). The minimum atomic E-state index is -0.340. The maximum Gasteiger partial charge on any atom is 0.243 e. The Balaban J connectivity index is 2.16. The highest BCUT2D eigenvalue weighted by Gasteiger charge is 2.40. The van der Waals surface area contributed by atoms with Gasteiger partial charge in [-0.3, -0.25) is 0 Å². The molecule has 1 aliphatic carbocycles. The highest BCUT2D eigenvalue weighted by Crippen LogP contribution is 2.40. The quantitative estimate of drug-likeness (QED) is 0.853. The van der Waals surface area contributed by atoms with E-state index in [1.807, 2.05) is 0 Å². The summed E-state index contributed by atoms with van der Waals surface area (Å²) >= 11 is 0. The monoisotopic (exact) mass is 239 g/mol. The van der Waals surface area contributed by atoms with E-state index in [0.29, 0.717) is 11.7 Å². The first-order valence-corrected chi connectivity index (χ1v) is 6.36. The van der Waals surface area contributed by atoms with Crippen LogP contribution in [0.2, 0.25) is 0 Å². The number of rotatable bonds is 5. The first kappa shape index (κ1) is 12.5. The molecule has 96 valence electrons. The zero-order valence-corrected chi connectivity index (χ0v) is 10.6. The molecule has 0 bridgehead atoms. The van der Waals surface area contributed by atoms with Gasteiger partial charge in [0, 0.05) is 7.11 Å². The average molecular weight is 239 g/mol. The smallest absolute Gasteiger partial charge is 0.243 e. The molecule has 0 spiro atoms. The van der Waals surface area contributed by atoms with Crippen molar-refractivity contribution < 1.29 is 9.26 Å². The topological polar surface area (TPSA) is 74.2 Å². The third kappa shape index (κ3) is 2.35. The van der Waals surface area contributed by atoms with Crippen LogP contribution in [0, 0.1) is 0 Å². The summed E-state index contributed by atoms with van der Waals surface area (Å²) in [6, 6.07) is -0.156. The van der Waals surface area contributed by atoms with E-state index in [-0.39, 0.29) is 11.6 Å². The maximum atomic E-state index is 5.97. The molecule has 1 aliphatic rings. The van der Waals surface area contributed by atoms with Crippen LogP contribution in [0.4, 0.5) is 0 Å². The summed E-state index contributed by atoms with van der Waals surface area (Å²) in [4.78, 5) is 4.43. The number of aromatic nitrogens is 2. The van der Waals surface area contributed by atoms with Crippen LogP contribution >= 0.6 is 0 Å². The van der Waals surface area contributed by atoms with Crippen molar-refractivity contribution in [2.24, 2.45) is 5.73 Å². The van der Waals surface area contributed by atoms with E-state index in [0.717, 1.165) is 38.5 Å². The molecule has 1 aromatic heterocycles. The molecule has 1 atom stereocenters. The molecular formula is C12H21N3O2. The van der Waals surface area contributed by atoms with Gasteiger partial charge < -0.3 is 15.0 Å². The summed E-state index contributed by atoms with van der Waals surface area (Å²) in [7, 11) is 1.72. The molecular weight excluding hydrogens is 218 g/mol. The second-order valence-electron chi connectivity index (χ2n) is 4.76. The SMILES string of the molecule is CCC[C@@H](N)c1nc(C2(OC)CCCC2)no1. The molecule has 0 aliphatic heterocycles. The van der Waals surface area contributed by atoms with Crippen molar-refractivity contribution in [3.63, 3.8) is 0 Å². The predicted molar refractivity (Wildman–Crippen MR) is 63.3 cm³/mol. The summed E-state index contributed by atoms with van der Waals surface area (Å²) in [5.74, 6) is 1.20. The van der Waals surface area contributed by atoms with Gasteiger partial charge in [-0.05, 0) is 32.1 Å². The Morgan fingerprint density at radius 1 is 1.47 bits per heavy atom. The van der Waals surface area contributed by atoms with Crippen LogP contribution in [0.25, 0.3) is 0 Å². The van der Waals surface area contributed by atoms with Crippen LogP contribution in [0.3, 0.4) is 0 Å². The van der Waals surface area contributed by atoms with Crippen LogP contribution in [0.1, 0.15) is 63.2 Å². The molecule has 5 nitrogen and oxygen atoms in total. The van der Waals surface area contributed by atoms with Gasteiger partial charge in [0.05, 0.1) is 6.04 Å². The lowest BCUT2D eigenvalue weighted by Gasteiger charge is -2.22. The van der Waals surface area contributed by atoms with Crippen LogP contribution in [0.15, 0.2) is 4.52 Å². The van der Waals surface area contributed by atoms with Gasteiger partial charge in [-0.2, -0.15) is 4.98 Å². The molecule has 2 N–H and O–H groups in total. The molecule has 1 saturated carbocycles. The van der Waals surface area contributed by atoms with Crippen molar-refractivity contribution in [1.29, 1.82) is 0 Å². The third-order valence-corrected chi connectivity index (χ3v) is 3.57.